The first-order chi connectivity index (χ1) is 7.83. The van der Waals surface area contributed by atoms with E-state index >= 15 is 0 Å². The predicted molar refractivity (Wildman–Crippen MR) is 60.3 cm³/mol. The van der Waals surface area contributed by atoms with Crippen LogP contribution in [0.4, 0.5) is 9.18 Å². The number of azide groups is 1. The third-order valence-electron chi connectivity index (χ3n) is 2.35. The molecule has 0 bridgehead atoms. The standard InChI is InChI=1S/C10H17FN4O2/c1-10(2,3)17-9(16)15-5-4-7(11)8(6-15)13-14-12/h7-8H,4-6H2,1-3H3/t7-,8+/m1/s1. The largest absolute Gasteiger partial charge is 0.444 e. The summed E-state index contributed by atoms with van der Waals surface area (Å²) in [7, 11) is 0. The minimum absolute atomic E-state index is 0.0696. The molecule has 6 nitrogen and oxygen atoms in total. The fraction of sp³-hybridized carbons (Fsp3) is 0.900. The van der Waals surface area contributed by atoms with E-state index in [1.165, 1.54) is 4.90 Å². The molecule has 1 aliphatic rings. The smallest absolute Gasteiger partial charge is 0.410 e. The Balaban J connectivity index is 2.61. The molecule has 1 fully saturated rings. The molecular formula is C10H17FN4O2. The van der Waals surface area contributed by atoms with Gasteiger partial charge in [-0.3, -0.25) is 0 Å². The molecule has 0 saturated carbocycles. The quantitative estimate of drug-likeness (QED) is 0.404. The third-order valence-corrected chi connectivity index (χ3v) is 2.35. The van der Waals surface area contributed by atoms with Crippen molar-refractivity contribution in [1.29, 1.82) is 0 Å². The highest BCUT2D eigenvalue weighted by atomic mass is 19.1. The molecule has 1 saturated heterocycles. The van der Waals surface area contributed by atoms with Crippen molar-refractivity contribution in [3.63, 3.8) is 0 Å². The number of rotatable bonds is 1. The van der Waals surface area contributed by atoms with E-state index in [9.17, 15) is 9.18 Å². The Bertz CT molecular complexity index is 336. The van der Waals surface area contributed by atoms with E-state index in [0.717, 1.165) is 0 Å². The van der Waals surface area contributed by atoms with Gasteiger partial charge >= 0.3 is 6.09 Å². The minimum Gasteiger partial charge on any atom is -0.444 e. The molecular weight excluding hydrogens is 227 g/mol. The molecule has 0 radical (unpaired) electrons. The van der Waals surface area contributed by atoms with Gasteiger partial charge in [0.2, 0.25) is 0 Å². The molecule has 0 aromatic heterocycles. The summed E-state index contributed by atoms with van der Waals surface area (Å²) in [6, 6.07) is -0.818. The minimum atomic E-state index is -1.19. The van der Waals surface area contributed by atoms with E-state index in [-0.39, 0.29) is 19.5 Å². The van der Waals surface area contributed by atoms with Crippen LogP contribution < -0.4 is 0 Å². The van der Waals surface area contributed by atoms with Crippen molar-refractivity contribution in [2.24, 2.45) is 5.11 Å². The summed E-state index contributed by atoms with van der Waals surface area (Å²) in [5.74, 6) is 0. The number of alkyl halides is 1. The van der Waals surface area contributed by atoms with Gasteiger partial charge in [-0.25, -0.2) is 9.18 Å². The lowest BCUT2D eigenvalue weighted by Crippen LogP contribution is -2.48. The van der Waals surface area contributed by atoms with Gasteiger partial charge in [0.1, 0.15) is 11.8 Å². The van der Waals surface area contributed by atoms with Crippen LogP contribution in [0, 0.1) is 0 Å². The first-order valence-corrected chi connectivity index (χ1v) is 5.49. The van der Waals surface area contributed by atoms with Crippen molar-refractivity contribution in [1.82, 2.24) is 4.90 Å². The van der Waals surface area contributed by atoms with Gasteiger partial charge in [-0.2, -0.15) is 0 Å². The Morgan fingerprint density at radius 1 is 1.59 bits per heavy atom. The van der Waals surface area contributed by atoms with Gasteiger partial charge in [-0.15, -0.1) is 0 Å². The van der Waals surface area contributed by atoms with Crippen molar-refractivity contribution in [3.05, 3.63) is 10.4 Å². The van der Waals surface area contributed by atoms with Crippen LogP contribution in [0.1, 0.15) is 27.2 Å². The van der Waals surface area contributed by atoms with Gasteiger partial charge in [0.25, 0.3) is 0 Å². The van der Waals surface area contributed by atoms with E-state index in [1.807, 2.05) is 0 Å². The second-order valence-electron chi connectivity index (χ2n) is 5.00. The molecule has 7 heteroatoms. The van der Waals surface area contributed by atoms with Gasteiger partial charge < -0.3 is 9.64 Å². The number of piperidine rings is 1. The monoisotopic (exact) mass is 244 g/mol. The van der Waals surface area contributed by atoms with Crippen molar-refractivity contribution in [2.75, 3.05) is 13.1 Å². The van der Waals surface area contributed by atoms with Crippen molar-refractivity contribution in [2.45, 2.75) is 45.0 Å². The number of halogens is 1. The maximum Gasteiger partial charge on any atom is 0.410 e. The van der Waals surface area contributed by atoms with Gasteiger partial charge in [-0.1, -0.05) is 5.11 Å². The van der Waals surface area contributed by atoms with E-state index in [0.29, 0.717) is 0 Å². The van der Waals surface area contributed by atoms with Crippen molar-refractivity contribution < 1.29 is 13.9 Å². The fourth-order valence-corrected chi connectivity index (χ4v) is 1.57. The van der Waals surface area contributed by atoms with Gasteiger partial charge in [0.05, 0.1) is 6.04 Å². The predicted octanol–water partition coefficient (Wildman–Crippen LogP) is 2.64. The lowest BCUT2D eigenvalue weighted by atomic mass is 10.1. The SMILES string of the molecule is CC(C)(C)OC(=O)N1CC[C@@H](F)[C@@H](N=[N+]=[N-])C1. The number of carbonyl (C=O) groups excluding carboxylic acids is 1. The fourth-order valence-electron chi connectivity index (χ4n) is 1.57. The number of ether oxygens (including phenoxy) is 1. The topological polar surface area (TPSA) is 78.3 Å². The Kier molecular flexibility index (Phi) is 4.17. The number of hydrogen-bond donors (Lipinski definition) is 0. The maximum atomic E-state index is 13.4. The second kappa shape index (κ2) is 5.23. The molecule has 1 aliphatic heterocycles. The number of likely N-dealkylation sites (tertiary alicyclic amines) is 1. The lowest BCUT2D eigenvalue weighted by Gasteiger charge is -2.34. The molecule has 0 N–H and O–H groups in total. The molecule has 2 atom stereocenters. The van der Waals surface area contributed by atoms with E-state index in [1.54, 1.807) is 20.8 Å². The number of hydrogen-bond acceptors (Lipinski definition) is 3. The first kappa shape index (κ1) is 13.6. The molecule has 17 heavy (non-hydrogen) atoms. The molecule has 96 valence electrons. The third kappa shape index (κ3) is 4.11. The molecule has 1 rings (SSSR count). The van der Waals surface area contributed by atoms with Crippen LogP contribution in [0.25, 0.3) is 10.4 Å². The summed E-state index contributed by atoms with van der Waals surface area (Å²) in [6.45, 7) is 5.64. The average Bonchev–Trinajstić information content (AvgIpc) is 2.19. The van der Waals surface area contributed by atoms with Crippen molar-refractivity contribution >= 4 is 6.09 Å². The summed E-state index contributed by atoms with van der Waals surface area (Å²) >= 11 is 0. The maximum absolute atomic E-state index is 13.4. The molecule has 1 heterocycles. The molecule has 1 amide bonds. The highest BCUT2D eigenvalue weighted by molar-refractivity contribution is 5.68. The summed E-state index contributed by atoms with van der Waals surface area (Å²) in [4.78, 5) is 15.7. The van der Waals surface area contributed by atoms with Crippen LogP contribution in [0.3, 0.4) is 0 Å². The Morgan fingerprint density at radius 2 is 2.24 bits per heavy atom. The molecule has 0 aromatic carbocycles. The van der Waals surface area contributed by atoms with E-state index in [4.69, 9.17) is 10.3 Å². The molecule has 0 spiro atoms. The van der Waals surface area contributed by atoms with Gasteiger partial charge in [0.15, 0.2) is 0 Å². The van der Waals surface area contributed by atoms with Crippen LogP contribution in [-0.4, -0.2) is 41.9 Å². The zero-order valence-corrected chi connectivity index (χ0v) is 10.3. The van der Waals surface area contributed by atoms with Crippen molar-refractivity contribution in [3.8, 4) is 0 Å². The van der Waals surface area contributed by atoms with Gasteiger partial charge in [0, 0.05) is 18.0 Å². The summed E-state index contributed by atoms with van der Waals surface area (Å²) in [5.41, 5.74) is 7.72. The number of carbonyl (C=O) groups is 1. The zero-order valence-electron chi connectivity index (χ0n) is 10.3. The molecule has 0 aliphatic carbocycles. The second-order valence-corrected chi connectivity index (χ2v) is 5.00. The Labute approximate surface area is 99.4 Å². The van der Waals surface area contributed by atoms with Crippen LogP contribution in [0.15, 0.2) is 5.11 Å². The van der Waals surface area contributed by atoms with E-state index < -0.39 is 23.9 Å². The van der Waals surface area contributed by atoms with Crippen LogP contribution in [-0.2, 0) is 4.74 Å². The molecule has 0 aromatic rings. The number of amides is 1. The van der Waals surface area contributed by atoms with Gasteiger partial charge in [-0.05, 0) is 32.7 Å². The Hall–Kier alpha value is -1.49. The highest BCUT2D eigenvalue weighted by Gasteiger charge is 2.32. The summed E-state index contributed by atoms with van der Waals surface area (Å²) in [5, 5.41) is 3.35. The summed E-state index contributed by atoms with van der Waals surface area (Å²) < 4.78 is 18.5. The number of nitrogens with zero attached hydrogens (tertiary/aromatic N) is 4. The summed E-state index contributed by atoms with van der Waals surface area (Å²) in [6.07, 6.45) is -1.52. The normalized spacial score (nSPS) is 25.1. The van der Waals surface area contributed by atoms with Crippen LogP contribution in [0.5, 0.6) is 0 Å². The Morgan fingerprint density at radius 3 is 2.76 bits per heavy atom. The first-order valence-electron chi connectivity index (χ1n) is 5.49. The van der Waals surface area contributed by atoms with E-state index in [2.05, 4.69) is 10.0 Å². The van der Waals surface area contributed by atoms with Crippen LogP contribution >= 0.6 is 0 Å². The van der Waals surface area contributed by atoms with Crippen LogP contribution in [0.2, 0.25) is 0 Å². The molecule has 0 unspecified atom stereocenters. The highest BCUT2D eigenvalue weighted by Crippen LogP contribution is 2.19. The average molecular weight is 244 g/mol. The zero-order chi connectivity index (χ0) is 13.1. The lowest BCUT2D eigenvalue weighted by molar-refractivity contribution is 0.0139.